The number of sulfonamides is 1. The predicted octanol–water partition coefficient (Wildman–Crippen LogP) is 0.641. The molecule has 20 heavy (non-hydrogen) atoms. The zero-order valence-electron chi connectivity index (χ0n) is 12.4. The van der Waals surface area contributed by atoms with Gasteiger partial charge in [0, 0.05) is 14.1 Å². The number of aryl methyl sites for hydroxylation is 2. The second-order valence-electron chi connectivity index (χ2n) is 5.05. The standard InChI is InChI=1S/C13H21N3O3S/c1-8-6-11(14)12(7-9(8)2)20(18,19)15-10(3)13(17)16(4)5/h6-7,10,15H,14H2,1-5H3. The fourth-order valence-electron chi connectivity index (χ4n) is 1.78. The van der Waals surface area contributed by atoms with E-state index >= 15 is 0 Å². The topological polar surface area (TPSA) is 92.5 Å². The van der Waals surface area contributed by atoms with Gasteiger partial charge in [-0.15, -0.1) is 0 Å². The minimum atomic E-state index is -3.83. The van der Waals surface area contributed by atoms with Crippen molar-refractivity contribution in [3.05, 3.63) is 23.3 Å². The SMILES string of the molecule is Cc1cc(N)c(S(=O)(=O)NC(C)C(=O)N(C)C)cc1C. The van der Waals surface area contributed by atoms with Gasteiger partial charge in [-0.2, -0.15) is 4.72 Å². The van der Waals surface area contributed by atoms with Crippen molar-refractivity contribution in [3.63, 3.8) is 0 Å². The number of carbonyl (C=O) groups excluding carboxylic acids is 1. The molecule has 0 bridgehead atoms. The number of nitrogen functional groups attached to an aromatic ring is 1. The highest BCUT2D eigenvalue weighted by molar-refractivity contribution is 7.89. The van der Waals surface area contributed by atoms with E-state index in [1.807, 2.05) is 13.8 Å². The molecule has 0 saturated heterocycles. The fraction of sp³-hybridized carbons (Fsp3) is 0.462. The zero-order valence-corrected chi connectivity index (χ0v) is 13.2. The van der Waals surface area contributed by atoms with E-state index in [1.165, 1.54) is 17.9 Å². The van der Waals surface area contributed by atoms with Crippen LogP contribution in [0, 0.1) is 13.8 Å². The van der Waals surface area contributed by atoms with Crippen LogP contribution < -0.4 is 10.5 Å². The summed E-state index contributed by atoms with van der Waals surface area (Å²) in [4.78, 5) is 13.1. The average Bonchev–Trinajstić information content (AvgIpc) is 2.31. The lowest BCUT2D eigenvalue weighted by molar-refractivity contribution is -0.130. The number of rotatable bonds is 4. The molecule has 0 aliphatic carbocycles. The Morgan fingerprint density at radius 2 is 1.75 bits per heavy atom. The third-order valence-corrected chi connectivity index (χ3v) is 4.66. The normalized spacial score (nSPS) is 13.1. The first kappa shape index (κ1) is 16.5. The summed E-state index contributed by atoms with van der Waals surface area (Å²) < 4.78 is 26.9. The molecule has 0 saturated carbocycles. The molecule has 1 rings (SSSR count). The smallest absolute Gasteiger partial charge is 0.243 e. The van der Waals surface area contributed by atoms with Crippen molar-refractivity contribution in [1.82, 2.24) is 9.62 Å². The maximum atomic E-state index is 12.3. The van der Waals surface area contributed by atoms with Crippen molar-refractivity contribution in [3.8, 4) is 0 Å². The number of nitrogens with two attached hydrogens (primary N) is 1. The van der Waals surface area contributed by atoms with Gasteiger partial charge in [0.2, 0.25) is 15.9 Å². The van der Waals surface area contributed by atoms with Crippen LogP contribution in [0.4, 0.5) is 5.69 Å². The molecule has 0 radical (unpaired) electrons. The van der Waals surface area contributed by atoms with Gasteiger partial charge in [0.25, 0.3) is 0 Å². The number of carbonyl (C=O) groups is 1. The first-order chi connectivity index (χ1) is 9.06. The maximum Gasteiger partial charge on any atom is 0.243 e. The Hall–Kier alpha value is -1.60. The quantitative estimate of drug-likeness (QED) is 0.798. The van der Waals surface area contributed by atoms with E-state index in [-0.39, 0.29) is 16.5 Å². The molecule has 1 amide bonds. The van der Waals surface area contributed by atoms with Gasteiger partial charge in [-0.25, -0.2) is 8.42 Å². The summed E-state index contributed by atoms with van der Waals surface area (Å²) in [6.07, 6.45) is 0. The Morgan fingerprint density at radius 1 is 1.25 bits per heavy atom. The summed E-state index contributed by atoms with van der Waals surface area (Å²) in [6, 6.07) is 2.28. The molecule has 0 aliphatic rings. The van der Waals surface area contributed by atoms with E-state index in [9.17, 15) is 13.2 Å². The molecule has 1 unspecified atom stereocenters. The lowest BCUT2D eigenvalue weighted by Crippen LogP contribution is -2.44. The molecule has 0 spiro atoms. The first-order valence-corrected chi connectivity index (χ1v) is 7.64. The summed E-state index contributed by atoms with van der Waals surface area (Å²) in [7, 11) is -0.697. The summed E-state index contributed by atoms with van der Waals surface area (Å²) in [5.74, 6) is -0.323. The number of benzene rings is 1. The summed E-state index contributed by atoms with van der Waals surface area (Å²) >= 11 is 0. The molecule has 7 heteroatoms. The molecule has 1 atom stereocenters. The van der Waals surface area contributed by atoms with Gasteiger partial charge in [-0.1, -0.05) is 0 Å². The van der Waals surface area contributed by atoms with Gasteiger partial charge < -0.3 is 10.6 Å². The van der Waals surface area contributed by atoms with Crippen LogP contribution in [-0.2, 0) is 14.8 Å². The molecule has 3 N–H and O–H groups in total. The van der Waals surface area contributed by atoms with Gasteiger partial charge in [0.15, 0.2) is 0 Å². The van der Waals surface area contributed by atoms with E-state index in [1.54, 1.807) is 20.2 Å². The predicted molar refractivity (Wildman–Crippen MR) is 78.8 cm³/mol. The number of likely N-dealkylation sites (N-methyl/N-ethyl adjacent to an activating group) is 1. The van der Waals surface area contributed by atoms with Crippen LogP contribution in [-0.4, -0.2) is 39.4 Å². The highest BCUT2D eigenvalue weighted by Crippen LogP contribution is 2.22. The summed E-state index contributed by atoms with van der Waals surface area (Å²) in [5.41, 5.74) is 7.69. The van der Waals surface area contributed by atoms with Gasteiger partial charge in [-0.3, -0.25) is 4.79 Å². The molecule has 112 valence electrons. The number of amides is 1. The van der Waals surface area contributed by atoms with Crippen LogP contribution in [0.5, 0.6) is 0 Å². The van der Waals surface area contributed by atoms with Gasteiger partial charge in [0.05, 0.1) is 11.7 Å². The maximum absolute atomic E-state index is 12.3. The molecule has 1 aromatic carbocycles. The van der Waals surface area contributed by atoms with Crippen molar-refractivity contribution in [2.45, 2.75) is 31.7 Å². The average molecular weight is 299 g/mol. The summed E-state index contributed by atoms with van der Waals surface area (Å²) in [5, 5.41) is 0. The molecule has 0 aliphatic heterocycles. The second-order valence-corrected chi connectivity index (χ2v) is 6.73. The Balaban J connectivity index is 3.12. The van der Waals surface area contributed by atoms with Crippen LogP contribution >= 0.6 is 0 Å². The van der Waals surface area contributed by atoms with Gasteiger partial charge in [-0.05, 0) is 44.0 Å². The fourth-order valence-corrected chi connectivity index (χ4v) is 3.17. The van der Waals surface area contributed by atoms with Crippen LogP contribution in [0.1, 0.15) is 18.1 Å². The molecular weight excluding hydrogens is 278 g/mol. The van der Waals surface area contributed by atoms with Crippen molar-refractivity contribution >= 4 is 21.6 Å². The number of nitrogens with one attached hydrogen (secondary N) is 1. The Morgan fingerprint density at radius 3 is 2.25 bits per heavy atom. The van der Waals surface area contributed by atoms with Crippen molar-refractivity contribution in [1.29, 1.82) is 0 Å². The van der Waals surface area contributed by atoms with E-state index in [0.717, 1.165) is 11.1 Å². The van der Waals surface area contributed by atoms with Crippen LogP contribution in [0.3, 0.4) is 0 Å². The van der Waals surface area contributed by atoms with Crippen molar-refractivity contribution in [2.75, 3.05) is 19.8 Å². The van der Waals surface area contributed by atoms with Gasteiger partial charge in [0.1, 0.15) is 4.90 Å². The van der Waals surface area contributed by atoms with Crippen molar-refractivity contribution < 1.29 is 13.2 Å². The largest absolute Gasteiger partial charge is 0.398 e. The molecule has 1 aromatic rings. The molecule has 0 fully saturated rings. The Labute approximate surface area is 120 Å². The minimum Gasteiger partial charge on any atom is -0.398 e. The van der Waals surface area contributed by atoms with E-state index < -0.39 is 16.1 Å². The highest BCUT2D eigenvalue weighted by atomic mass is 32.2. The third-order valence-electron chi connectivity index (χ3n) is 3.06. The second kappa shape index (κ2) is 5.80. The lowest BCUT2D eigenvalue weighted by atomic mass is 10.1. The number of anilines is 1. The van der Waals surface area contributed by atoms with Crippen molar-refractivity contribution in [2.24, 2.45) is 0 Å². The third kappa shape index (κ3) is 3.49. The van der Waals surface area contributed by atoms with E-state index in [4.69, 9.17) is 5.73 Å². The van der Waals surface area contributed by atoms with E-state index in [0.29, 0.717) is 0 Å². The number of nitrogens with zero attached hydrogens (tertiary/aromatic N) is 1. The van der Waals surface area contributed by atoms with Crippen LogP contribution in [0.15, 0.2) is 17.0 Å². The Bertz CT molecular complexity index is 624. The monoisotopic (exact) mass is 299 g/mol. The molecule has 0 aromatic heterocycles. The number of hydrogen-bond donors (Lipinski definition) is 2. The van der Waals surface area contributed by atoms with Crippen LogP contribution in [0.25, 0.3) is 0 Å². The van der Waals surface area contributed by atoms with Gasteiger partial charge >= 0.3 is 0 Å². The van der Waals surface area contributed by atoms with Crippen LogP contribution in [0.2, 0.25) is 0 Å². The Kier molecular flexibility index (Phi) is 4.77. The summed E-state index contributed by atoms with van der Waals surface area (Å²) in [6.45, 7) is 5.16. The molecule has 6 nitrogen and oxygen atoms in total. The van der Waals surface area contributed by atoms with E-state index in [2.05, 4.69) is 4.72 Å². The zero-order chi connectivity index (χ0) is 15.7. The highest BCUT2D eigenvalue weighted by Gasteiger charge is 2.25. The molecular formula is C13H21N3O3S. The minimum absolute atomic E-state index is 0.000920. The number of hydrogen-bond acceptors (Lipinski definition) is 4. The first-order valence-electron chi connectivity index (χ1n) is 6.16. The molecule has 0 heterocycles. The lowest BCUT2D eigenvalue weighted by Gasteiger charge is -2.19.